The van der Waals surface area contributed by atoms with Crippen LogP contribution in [-0.2, 0) is 9.53 Å². The van der Waals surface area contributed by atoms with E-state index in [1.165, 1.54) is 37.7 Å². The lowest BCUT2D eigenvalue weighted by atomic mass is 9.87. The molecule has 1 aliphatic rings. The number of rotatable bonds is 4. The van der Waals surface area contributed by atoms with Gasteiger partial charge in [-0.15, -0.1) is 11.3 Å². The van der Waals surface area contributed by atoms with Crippen LogP contribution in [0.3, 0.4) is 0 Å². The topological polar surface area (TPSA) is 55.4 Å². The summed E-state index contributed by atoms with van der Waals surface area (Å²) in [5.41, 5.74) is 0.567. The highest BCUT2D eigenvalue weighted by Crippen LogP contribution is 2.28. The molecule has 0 spiro atoms. The lowest BCUT2D eigenvalue weighted by Crippen LogP contribution is -2.19. The van der Waals surface area contributed by atoms with Crippen molar-refractivity contribution in [1.29, 1.82) is 0 Å². The van der Waals surface area contributed by atoms with Gasteiger partial charge in [-0.1, -0.05) is 19.3 Å². The maximum absolute atomic E-state index is 12.0. The van der Waals surface area contributed by atoms with Crippen LogP contribution in [0.1, 0.15) is 48.2 Å². The van der Waals surface area contributed by atoms with Crippen molar-refractivity contribution in [2.75, 3.05) is 12.4 Å². The Kier molecular flexibility index (Phi) is 4.96. The quantitative estimate of drug-likeness (QED) is 0.860. The molecular weight excluding hydrogens is 262 g/mol. The van der Waals surface area contributed by atoms with Gasteiger partial charge in [0.25, 0.3) is 0 Å². The lowest BCUT2D eigenvalue weighted by Gasteiger charge is -2.20. The second kappa shape index (κ2) is 6.70. The molecule has 19 heavy (non-hydrogen) atoms. The second-order valence-electron chi connectivity index (χ2n) is 4.91. The minimum absolute atomic E-state index is 0.00421. The molecule has 1 saturated carbocycles. The fourth-order valence-electron chi connectivity index (χ4n) is 2.51. The molecule has 2 rings (SSSR count). The van der Waals surface area contributed by atoms with Crippen LogP contribution >= 0.6 is 11.3 Å². The number of amides is 1. The van der Waals surface area contributed by atoms with E-state index in [0.717, 1.165) is 12.8 Å². The van der Waals surface area contributed by atoms with E-state index in [9.17, 15) is 9.59 Å². The van der Waals surface area contributed by atoms with E-state index in [0.29, 0.717) is 22.9 Å². The highest BCUT2D eigenvalue weighted by atomic mass is 32.1. The zero-order valence-corrected chi connectivity index (χ0v) is 11.9. The first-order valence-corrected chi connectivity index (χ1v) is 7.54. The molecule has 0 atom stereocenters. The van der Waals surface area contributed by atoms with Crippen molar-refractivity contribution in [1.82, 2.24) is 0 Å². The first kappa shape index (κ1) is 14.1. The van der Waals surface area contributed by atoms with Gasteiger partial charge in [-0.25, -0.2) is 4.79 Å². The number of nitrogens with one attached hydrogen (secondary N) is 1. The van der Waals surface area contributed by atoms with Crippen molar-refractivity contribution in [3.8, 4) is 0 Å². The summed E-state index contributed by atoms with van der Waals surface area (Å²) in [6.07, 6.45) is 6.57. The van der Waals surface area contributed by atoms with E-state index in [1.54, 1.807) is 11.4 Å². The summed E-state index contributed by atoms with van der Waals surface area (Å²) in [5, 5.41) is 4.60. The van der Waals surface area contributed by atoms with Crippen molar-refractivity contribution in [3.05, 3.63) is 16.3 Å². The average Bonchev–Trinajstić information content (AvgIpc) is 2.87. The van der Waals surface area contributed by atoms with Crippen LogP contribution in [0.4, 0.5) is 5.69 Å². The van der Waals surface area contributed by atoms with E-state index in [2.05, 4.69) is 10.1 Å². The summed E-state index contributed by atoms with van der Waals surface area (Å²) < 4.78 is 4.69. The molecule has 0 aromatic carbocycles. The molecule has 1 aliphatic carbocycles. The van der Waals surface area contributed by atoms with Gasteiger partial charge >= 0.3 is 5.97 Å². The monoisotopic (exact) mass is 281 g/mol. The van der Waals surface area contributed by atoms with Crippen LogP contribution in [0.5, 0.6) is 0 Å². The van der Waals surface area contributed by atoms with Gasteiger partial charge in [-0.05, 0) is 30.2 Å². The first-order chi connectivity index (χ1) is 9.20. The first-order valence-electron chi connectivity index (χ1n) is 6.66. The minimum Gasteiger partial charge on any atom is -0.465 e. The number of thiophene rings is 1. The summed E-state index contributed by atoms with van der Waals surface area (Å²) in [6.45, 7) is 0. The predicted octanol–water partition coefficient (Wildman–Crippen LogP) is 3.44. The Hall–Kier alpha value is -1.36. The Balaban J connectivity index is 1.91. The maximum Gasteiger partial charge on any atom is 0.350 e. The molecule has 104 valence electrons. The van der Waals surface area contributed by atoms with Crippen LogP contribution in [0.2, 0.25) is 0 Å². The minimum atomic E-state index is -0.400. The normalized spacial score (nSPS) is 16.1. The van der Waals surface area contributed by atoms with Crippen molar-refractivity contribution >= 4 is 28.9 Å². The molecule has 5 heteroatoms. The summed E-state index contributed by atoms with van der Waals surface area (Å²) in [5.74, 6) is 0.0902. The number of esters is 1. The Morgan fingerprint density at radius 3 is 2.79 bits per heavy atom. The van der Waals surface area contributed by atoms with Gasteiger partial charge in [0.2, 0.25) is 5.91 Å². The molecule has 1 aromatic rings. The molecule has 0 unspecified atom stereocenters. The highest BCUT2D eigenvalue weighted by Gasteiger charge is 2.19. The Labute approximate surface area is 117 Å². The molecule has 1 N–H and O–H groups in total. The number of ether oxygens (including phenoxy) is 1. The molecule has 0 saturated heterocycles. The zero-order valence-electron chi connectivity index (χ0n) is 11.1. The molecule has 0 aliphatic heterocycles. The molecule has 1 amide bonds. The van der Waals surface area contributed by atoms with Crippen molar-refractivity contribution in [2.45, 2.75) is 38.5 Å². The zero-order chi connectivity index (χ0) is 13.7. The Morgan fingerprint density at radius 1 is 1.37 bits per heavy atom. The van der Waals surface area contributed by atoms with Crippen LogP contribution < -0.4 is 5.32 Å². The van der Waals surface area contributed by atoms with Gasteiger partial charge in [0.15, 0.2) is 0 Å². The Morgan fingerprint density at radius 2 is 2.11 bits per heavy atom. The van der Waals surface area contributed by atoms with E-state index in [1.807, 2.05) is 0 Å². The van der Waals surface area contributed by atoms with E-state index < -0.39 is 5.97 Å². The van der Waals surface area contributed by atoms with Gasteiger partial charge in [-0.3, -0.25) is 4.79 Å². The molecule has 1 heterocycles. The third kappa shape index (κ3) is 3.80. The number of carbonyl (C=O) groups is 2. The third-order valence-corrected chi connectivity index (χ3v) is 4.40. The van der Waals surface area contributed by atoms with Crippen molar-refractivity contribution in [2.24, 2.45) is 5.92 Å². The fraction of sp³-hybridized carbons (Fsp3) is 0.571. The number of carbonyl (C=O) groups excluding carboxylic acids is 2. The van der Waals surface area contributed by atoms with Gasteiger partial charge in [0, 0.05) is 6.42 Å². The lowest BCUT2D eigenvalue weighted by molar-refractivity contribution is -0.117. The van der Waals surface area contributed by atoms with Gasteiger partial charge in [0.05, 0.1) is 12.8 Å². The fourth-order valence-corrected chi connectivity index (χ4v) is 3.28. The second-order valence-corrected chi connectivity index (χ2v) is 5.83. The van der Waals surface area contributed by atoms with E-state index in [-0.39, 0.29) is 5.91 Å². The van der Waals surface area contributed by atoms with Gasteiger partial charge in [0.1, 0.15) is 4.88 Å². The molecule has 1 aromatic heterocycles. The van der Waals surface area contributed by atoms with Crippen molar-refractivity contribution in [3.63, 3.8) is 0 Å². The largest absolute Gasteiger partial charge is 0.465 e. The van der Waals surface area contributed by atoms with Crippen molar-refractivity contribution < 1.29 is 14.3 Å². The highest BCUT2D eigenvalue weighted by molar-refractivity contribution is 7.12. The number of hydrogen-bond acceptors (Lipinski definition) is 4. The maximum atomic E-state index is 12.0. The summed E-state index contributed by atoms with van der Waals surface area (Å²) in [7, 11) is 1.34. The van der Waals surface area contributed by atoms with Crippen LogP contribution in [0, 0.1) is 5.92 Å². The average molecular weight is 281 g/mol. The number of hydrogen-bond donors (Lipinski definition) is 1. The van der Waals surface area contributed by atoms with E-state index in [4.69, 9.17) is 0 Å². The smallest absolute Gasteiger partial charge is 0.350 e. The summed E-state index contributed by atoms with van der Waals surface area (Å²) in [6, 6.07) is 1.75. The molecule has 0 bridgehead atoms. The standard InChI is InChI=1S/C14H19NO3S/c1-18-14(17)13-11(7-8-19-13)15-12(16)9-10-5-3-2-4-6-10/h7-8,10H,2-6,9H2,1H3,(H,15,16). The van der Waals surface area contributed by atoms with Crippen LogP contribution in [0.15, 0.2) is 11.4 Å². The number of anilines is 1. The SMILES string of the molecule is COC(=O)c1sccc1NC(=O)CC1CCCCC1. The Bertz CT molecular complexity index is 449. The van der Waals surface area contributed by atoms with E-state index >= 15 is 0 Å². The third-order valence-electron chi connectivity index (χ3n) is 3.51. The predicted molar refractivity (Wildman–Crippen MR) is 75.5 cm³/mol. The summed E-state index contributed by atoms with van der Waals surface area (Å²) >= 11 is 1.28. The molecular formula is C14H19NO3S. The van der Waals surface area contributed by atoms with Gasteiger partial charge in [-0.2, -0.15) is 0 Å². The molecule has 4 nitrogen and oxygen atoms in total. The summed E-state index contributed by atoms with van der Waals surface area (Å²) in [4.78, 5) is 23.9. The van der Waals surface area contributed by atoms with Crippen LogP contribution in [-0.4, -0.2) is 19.0 Å². The molecule has 1 fully saturated rings. The van der Waals surface area contributed by atoms with Crippen LogP contribution in [0.25, 0.3) is 0 Å². The number of methoxy groups -OCH3 is 1. The van der Waals surface area contributed by atoms with Gasteiger partial charge < -0.3 is 10.1 Å². The molecule has 0 radical (unpaired) electrons.